The van der Waals surface area contributed by atoms with E-state index in [1.165, 1.54) is 0 Å². The number of aliphatic carboxylic acids is 1. The summed E-state index contributed by atoms with van der Waals surface area (Å²) in [5.41, 5.74) is -0.692. The standard InChI is InChI=1S/C17H28N2O6/c1-9(2)14(24-15(22)17(3,4)5)25-16(23)19-7-6-10-11(19)8-18-12(10)13(20)21/h9-12,14,18H,6-8H2,1-5H3,(H,20,21). The molecule has 2 aliphatic heterocycles. The number of likely N-dealkylation sites (tertiary alicyclic amines) is 1. The molecule has 2 heterocycles. The second kappa shape index (κ2) is 7.19. The molecule has 0 aromatic rings. The Hall–Kier alpha value is -1.83. The van der Waals surface area contributed by atoms with Crippen LogP contribution in [0.5, 0.6) is 0 Å². The Morgan fingerprint density at radius 3 is 2.36 bits per heavy atom. The molecule has 2 N–H and O–H groups in total. The maximum absolute atomic E-state index is 12.5. The predicted octanol–water partition coefficient (Wildman–Crippen LogP) is 1.44. The molecular formula is C17H28N2O6. The van der Waals surface area contributed by atoms with Crippen LogP contribution >= 0.6 is 0 Å². The van der Waals surface area contributed by atoms with Crippen LogP contribution in [0.1, 0.15) is 41.0 Å². The van der Waals surface area contributed by atoms with Crippen LogP contribution in [-0.2, 0) is 19.1 Å². The molecule has 0 radical (unpaired) electrons. The average Bonchev–Trinajstić information content (AvgIpc) is 3.05. The second-order valence-electron chi connectivity index (χ2n) is 8.09. The monoisotopic (exact) mass is 356 g/mol. The minimum Gasteiger partial charge on any atom is -0.480 e. The Balaban J connectivity index is 2.00. The lowest BCUT2D eigenvalue weighted by Crippen LogP contribution is -2.43. The van der Waals surface area contributed by atoms with Crippen molar-refractivity contribution >= 4 is 18.0 Å². The molecule has 4 atom stereocenters. The normalized spacial score (nSPS) is 27.1. The summed E-state index contributed by atoms with van der Waals surface area (Å²) in [5.74, 6) is -1.66. The first-order chi connectivity index (χ1) is 11.5. The Labute approximate surface area is 147 Å². The number of carboxylic acids is 1. The van der Waals surface area contributed by atoms with Gasteiger partial charge < -0.3 is 24.8 Å². The van der Waals surface area contributed by atoms with Crippen LogP contribution in [0.15, 0.2) is 0 Å². The van der Waals surface area contributed by atoms with Crippen molar-refractivity contribution in [3.63, 3.8) is 0 Å². The van der Waals surface area contributed by atoms with Gasteiger partial charge in [0, 0.05) is 24.9 Å². The van der Waals surface area contributed by atoms with Crippen molar-refractivity contribution in [1.29, 1.82) is 0 Å². The number of fused-ring (bicyclic) bond motifs is 1. The lowest BCUT2D eigenvalue weighted by Gasteiger charge is -2.29. The number of ether oxygens (including phenoxy) is 2. The highest BCUT2D eigenvalue weighted by Gasteiger charge is 2.49. The highest BCUT2D eigenvalue weighted by atomic mass is 16.7. The van der Waals surface area contributed by atoms with Gasteiger partial charge in [0.05, 0.1) is 11.5 Å². The zero-order valence-electron chi connectivity index (χ0n) is 15.4. The quantitative estimate of drug-likeness (QED) is 0.580. The van der Waals surface area contributed by atoms with Crippen LogP contribution in [0.4, 0.5) is 4.79 Å². The van der Waals surface area contributed by atoms with Gasteiger partial charge in [-0.05, 0) is 27.2 Å². The van der Waals surface area contributed by atoms with E-state index in [9.17, 15) is 19.5 Å². The molecular weight excluding hydrogens is 328 g/mol. The molecule has 0 aromatic heterocycles. The van der Waals surface area contributed by atoms with Gasteiger partial charge in [0.1, 0.15) is 6.04 Å². The topological polar surface area (TPSA) is 105 Å². The summed E-state index contributed by atoms with van der Waals surface area (Å²) in [7, 11) is 0. The molecule has 4 unspecified atom stereocenters. The number of esters is 1. The number of rotatable bonds is 4. The first kappa shape index (κ1) is 19.5. The van der Waals surface area contributed by atoms with Crippen LogP contribution in [0.25, 0.3) is 0 Å². The lowest BCUT2D eigenvalue weighted by molar-refractivity contribution is -0.185. The third-order valence-electron chi connectivity index (χ3n) is 4.67. The molecule has 142 valence electrons. The molecule has 0 spiro atoms. The zero-order valence-corrected chi connectivity index (χ0v) is 15.4. The van der Waals surface area contributed by atoms with Gasteiger partial charge in [-0.1, -0.05) is 13.8 Å². The predicted molar refractivity (Wildman–Crippen MR) is 88.7 cm³/mol. The fourth-order valence-electron chi connectivity index (χ4n) is 3.17. The number of carbonyl (C=O) groups excluding carboxylic acids is 2. The minimum atomic E-state index is -0.970. The molecule has 0 saturated carbocycles. The van der Waals surface area contributed by atoms with Crippen LogP contribution < -0.4 is 5.32 Å². The zero-order chi connectivity index (χ0) is 18.9. The molecule has 2 saturated heterocycles. The van der Waals surface area contributed by atoms with Gasteiger partial charge in [-0.25, -0.2) is 4.79 Å². The number of nitrogens with zero attached hydrogens (tertiary/aromatic N) is 1. The molecule has 2 aliphatic rings. The highest BCUT2D eigenvalue weighted by molar-refractivity contribution is 5.77. The lowest BCUT2D eigenvalue weighted by atomic mass is 9.97. The van der Waals surface area contributed by atoms with Gasteiger partial charge in [-0.2, -0.15) is 0 Å². The fraction of sp³-hybridized carbons (Fsp3) is 0.824. The van der Waals surface area contributed by atoms with Crippen LogP contribution in [-0.4, -0.2) is 59.5 Å². The van der Waals surface area contributed by atoms with Crippen LogP contribution in [0, 0.1) is 17.3 Å². The molecule has 1 amide bonds. The first-order valence-corrected chi connectivity index (χ1v) is 8.67. The summed E-state index contributed by atoms with van der Waals surface area (Å²) in [4.78, 5) is 37.4. The van der Waals surface area contributed by atoms with Gasteiger partial charge in [0.25, 0.3) is 6.29 Å². The molecule has 0 aromatic carbocycles. The number of carboxylic acid groups (broad SMARTS) is 1. The van der Waals surface area contributed by atoms with Crippen molar-refractivity contribution in [3.8, 4) is 0 Å². The van der Waals surface area contributed by atoms with Crippen LogP contribution in [0.3, 0.4) is 0 Å². The maximum Gasteiger partial charge on any atom is 0.413 e. The Bertz CT molecular complexity index is 542. The first-order valence-electron chi connectivity index (χ1n) is 8.67. The third kappa shape index (κ3) is 4.23. The smallest absolute Gasteiger partial charge is 0.413 e. The summed E-state index contributed by atoms with van der Waals surface area (Å²) < 4.78 is 10.8. The number of amides is 1. The third-order valence-corrected chi connectivity index (χ3v) is 4.67. The van der Waals surface area contributed by atoms with Gasteiger partial charge in [-0.3, -0.25) is 9.59 Å². The summed E-state index contributed by atoms with van der Waals surface area (Å²) in [6.07, 6.45) is -0.929. The van der Waals surface area contributed by atoms with Crippen molar-refractivity contribution in [1.82, 2.24) is 10.2 Å². The van der Waals surface area contributed by atoms with Gasteiger partial charge in [0.2, 0.25) is 0 Å². The fourth-order valence-corrected chi connectivity index (χ4v) is 3.17. The van der Waals surface area contributed by atoms with E-state index in [0.29, 0.717) is 19.5 Å². The number of carbonyl (C=O) groups is 3. The van der Waals surface area contributed by atoms with E-state index in [1.807, 2.05) is 0 Å². The van der Waals surface area contributed by atoms with E-state index in [1.54, 1.807) is 39.5 Å². The van der Waals surface area contributed by atoms with Crippen LogP contribution in [0.2, 0.25) is 0 Å². The van der Waals surface area contributed by atoms with E-state index in [4.69, 9.17) is 9.47 Å². The van der Waals surface area contributed by atoms with E-state index < -0.39 is 35.8 Å². The Morgan fingerprint density at radius 2 is 1.84 bits per heavy atom. The number of nitrogens with one attached hydrogen (secondary N) is 1. The molecule has 8 nitrogen and oxygen atoms in total. The van der Waals surface area contributed by atoms with E-state index in [2.05, 4.69) is 5.32 Å². The van der Waals surface area contributed by atoms with Crippen molar-refractivity contribution in [2.45, 2.75) is 59.4 Å². The molecule has 8 heteroatoms. The van der Waals surface area contributed by atoms with Crippen molar-refractivity contribution in [2.75, 3.05) is 13.1 Å². The summed E-state index contributed by atoms with van der Waals surface area (Å²) in [5, 5.41) is 12.2. The van der Waals surface area contributed by atoms with Gasteiger partial charge in [-0.15, -0.1) is 0 Å². The van der Waals surface area contributed by atoms with Crippen molar-refractivity contribution in [2.24, 2.45) is 17.3 Å². The minimum absolute atomic E-state index is 0.125. The van der Waals surface area contributed by atoms with Crippen molar-refractivity contribution in [3.05, 3.63) is 0 Å². The van der Waals surface area contributed by atoms with Crippen molar-refractivity contribution < 1.29 is 29.0 Å². The molecule has 25 heavy (non-hydrogen) atoms. The van der Waals surface area contributed by atoms with E-state index in [-0.39, 0.29) is 17.9 Å². The maximum atomic E-state index is 12.5. The largest absolute Gasteiger partial charge is 0.480 e. The van der Waals surface area contributed by atoms with Gasteiger partial charge in [0.15, 0.2) is 0 Å². The summed E-state index contributed by atoms with van der Waals surface area (Å²) in [6.45, 7) is 9.67. The van der Waals surface area contributed by atoms with E-state index >= 15 is 0 Å². The average molecular weight is 356 g/mol. The molecule has 0 bridgehead atoms. The van der Waals surface area contributed by atoms with E-state index in [0.717, 1.165) is 0 Å². The molecule has 0 aliphatic carbocycles. The second-order valence-corrected chi connectivity index (χ2v) is 8.09. The SMILES string of the molecule is CC(C)C(OC(=O)N1CCC2C(C(=O)O)NCC21)OC(=O)C(C)(C)C. The number of hydrogen-bond donors (Lipinski definition) is 2. The number of hydrogen-bond acceptors (Lipinski definition) is 6. The summed E-state index contributed by atoms with van der Waals surface area (Å²) >= 11 is 0. The van der Waals surface area contributed by atoms with Gasteiger partial charge >= 0.3 is 18.0 Å². The highest BCUT2D eigenvalue weighted by Crippen LogP contribution is 2.32. The summed E-state index contributed by atoms with van der Waals surface area (Å²) in [6, 6.07) is -0.845. The Kier molecular flexibility index (Phi) is 5.61. The Morgan fingerprint density at radius 1 is 1.20 bits per heavy atom. The molecule has 2 fully saturated rings. The molecule has 2 rings (SSSR count).